The molecule has 5 heteroatoms. The lowest BCUT2D eigenvalue weighted by Crippen LogP contribution is -2.52. The zero-order chi connectivity index (χ0) is 16.9. The van der Waals surface area contributed by atoms with Crippen molar-refractivity contribution in [3.63, 3.8) is 0 Å². The number of rotatable bonds is 4. The van der Waals surface area contributed by atoms with Crippen LogP contribution in [0.3, 0.4) is 0 Å². The fourth-order valence-corrected chi connectivity index (χ4v) is 4.03. The summed E-state index contributed by atoms with van der Waals surface area (Å²) in [5, 5.41) is 13.8. The summed E-state index contributed by atoms with van der Waals surface area (Å²) in [6.07, 6.45) is 5.71. The molecule has 1 heterocycles. The van der Waals surface area contributed by atoms with E-state index in [-0.39, 0.29) is 30.2 Å². The van der Waals surface area contributed by atoms with E-state index in [1.165, 1.54) is 18.9 Å². The molecule has 1 saturated carbocycles. The van der Waals surface area contributed by atoms with E-state index in [0.29, 0.717) is 5.56 Å². The third kappa shape index (κ3) is 4.14. The second kappa shape index (κ2) is 8.08. The van der Waals surface area contributed by atoms with Gasteiger partial charge >= 0.3 is 0 Å². The molecule has 0 spiro atoms. The fraction of sp³-hybridized carbons (Fsp3) is 0.632. The fourth-order valence-electron chi connectivity index (χ4n) is 4.03. The Bertz CT molecular complexity index is 560. The highest BCUT2D eigenvalue weighted by molar-refractivity contribution is 5.79. The van der Waals surface area contributed by atoms with Crippen LogP contribution >= 0.6 is 0 Å². The molecule has 4 nitrogen and oxygen atoms in total. The van der Waals surface area contributed by atoms with Crippen LogP contribution in [0.25, 0.3) is 0 Å². The van der Waals surface area contributed by atoms with Crippen LogP contribution in [-0.2, 0) is 11.2 Å². The number of nitrogens with one attached hydrogen (secondary N) is 1. The number of aliphatic hydroxyl groups excluding tert-OH is 1. The number of likely N-dealkylation sites (tertiary alicyclic amines) is 1. The number of benzene rings is 1. The third-order valence-electron chi connectivity index (χ3n) is 5.34. The number of amides is 1. The van der Waals surface area contributed by atoms with Crippen molar-refractivity contribution < 1.29 is 14.3 Å². The van der Waals surface area contributed by atoms with Crippen LogP contribution < -0.4 is 5.32 Å². The number of hydrogen-bond donors (Lipinski definition) is 2. The topological polar surface area (TPSA) is 52.6 Å². The SMILES string of the molecule is O=C(Cc1ccccc1F)N[C@@H]1CCCC[C@@H](N2CCCC2)[C@@H]1O. The maximum absolute atomic E-state index is 13.7. The summed E-state index contributed by atoms with van der Waals surface area (Å²) in [5.41, 5.74) is 0.397. The zero-order valence-corrected chi connectivity index (χ0v) is 14.1. The van der Waals surface area contributed by atoms with E-state index in [4.69, 9.17) is 0 Å². The Morgan fingerprint density at radius 3 is 2.62 bits per heavy atom. The monoisotopic (exact) mass is 334 g/mol. The molecule has 0 radical (unpaired) electrons. The normalized spacial score (nSPS) is 28.5. The number of carbonyl (C=O) groups is 1. The predicted molar refractivity (Wildman–Crippen MR) is 91.1 cm³/mol. The molecule has 1 amide bonds. The van der Waals surface area contributed by atoms with Crippen LogP contribution in [0, 0.1) is 5.82 Å². The molecule has 0 bridgehead atoms. The molecule has 2 fully saturated rings. The van der Waals surface area contributed by atoms with Crippen molar-refractivity contribution >= 4 is 5.91 Å². The van der Waals surface area contributed by atoms with Gasteiger partial charge in [0.25, 0.3) is 0 Å². The van der Waals surface area contributed by atoms with Crippen LogP contribution in [0.2, 0.25) is 0 Å². The second-order valence-corrected chi connectivity index (χ2v) is 7.03. The van der Waals surface area contributed by atoms with Gasteiger partial charge in [0.15, 0.2) is 0 Å². The molecule has 3 atom stereocenters. The summed E-state index contributed by atoms with van der Waals surface area (Å²) in [6, 6.07) is 6.24. The summed E-state index contributed by atoms with van der Waals surface area (Å²) < 4.78 is 13.7. The van der Waals surface area contributed by atoms with Crippen molar-refractivity contribution in [2.75, 3.05) is 13.1 Å². The van der Waals surface area contributed by atoms with Crippen molar-refractivity contribution in [2.45, 2.75) is 63.1 Å². The molecule has 0 unspecified atom stereocenters. The van der Waals surface area contributed by atoms with Crippen molar-refractivity contribution in [3.8, 4) is 0 Å². The quantitative estimate of drug-likeness (QED) is 0.831. The first-order valence-corrected chi connectivity index (χ1v) is 9.10. The number of carbonyl (C=O) groups excluding carboxylic acids is 1. The van der Waals surface area contributed by atoms with Gasteiger partial charge in [0, 0.05) is 6.04 Å². The largest absolute Gasteiger partial charge is 0.389 e. The Labute approximate surface area is 143 Å². The molecule has 24 heavy (non-hydrogen) atoms. The number of halogens is 1. The first-order chi connectivity index (χ1) is 11.6. The highest BCUT2D eigenvalue weighted by atomic mass is 19.1. The average Bonchev–Trinajstić information content (AvgIpc) is 3.03. The van der Waals surface area contributed by atoms with E-state index in [1.807, 2.05) is 0 Å². The molecule has 0 aromatic heterocycles. The van der Waals surface area contributed by atoms with Crippen LogP contribution in [-0.4, -0.2) is 47.2 Å². The van der Waals surface area contributed by atoms with Crippen LogP contribution in [0.15, 0.2) is 24.3 Å². The van der Waals surface area contributed by atoms with Gasteiger partial charge in [-0.15, -0.1) is 0 Å². The van der Waals surface area contributed by atoms with Gasteiger partial charge in [-0.2, -0.15) is 0 Å². The minimum atomic E-state index is -0.546. The summed E-state index contributed by atoms with van der Waals surface area (Å²) in [5.74, 6) is -0.574. The standard InChI is InChI=1S/C19H27FN2O2/c20-15-8-2-1-7-14(15)13-18(23)21-16-9-3-4-10-17(19(16)24)22-11-5-6-12-22/h1-2,7-8,16-17,19,24H,3-6,9-13H2,(H,21,23)/t16-,17-,19-/m1/s1. The van der Waals surface area contributed by atoms with Gasteiger partial charge in [-0.1, -0.05) is 31.0 Å². The second-order valence-electron chi connectivity index (χ2n) is 7.03. The summed E-state index contributed by atoms with van der Waals surface area (Å²) >= 11 is 0. The molecule has 1 aromatic rings. The van der Waals surface area contributed by atoms with E-state index in [1.54, 1.807) is 18.2 Å². The summed E-state index contributed by atoms with van der Waals surface area (Å²) in [7, 11) is 0. The molecule has 132 valence electrons. The van der Waals surface area contributed by atoms with E-state index < -0.39 is 6.10 Å². The lowest BCUT2D eigenvalue weighted by atomic mass is 10.00. The lowest BCUT2D eigenvalue weighted by molar-refractivity contribution is -0.122. The van der Waals surface area contributed by atoms with Crippen molar-refractivity contribution in [1.29, 1.82) is 0 Å². The molecule has 1 aliphatic carbocycles. The van der Waals surface area contributed by atoms with Crippen molar-refractivity contribution in [3.05, 3.63) is 35.6 Å². The first-order valence-electron chi connectivity index (χ1n) is 9.10. The number of aliphatic hydroxyl groups is 1. The Balaban J connectivity index is 1.62. The summed E-state index contributed by atoms with van der Waals surface area (Å²) in [6.45, 7) is 2.08. The first kappa shape index (κ1) is 17.4. The Hall–Kier alpha value is -1.46. The molecule has 1 saturated heterocycles. The Morgan fingerprint density at radius 1 is 1.17 bits per heavy atom. The molecule has 3 rings (SSSR count). The molecule has 2 N–H and O–H groups in total. The highest BCUT2D eigenvalue weighted by Crippen LogP contribution is 2.26. The van der Waals surface area contributed by atoms with Crippen LogP contribution in [0.1, 0.15) is 44.1 Å². The zero-order valence-electron chi connectivity index (χ0n) is 14.1. The van der Waals surface area contributed by atoms with E-state index >= 15 is 0 Å². The van der Waals surface area contributed by atoms with Gasteiger partial charge in [0.1, 0.15) is 5.82 Å². The van der Waals surface area contributed by atoms with Gasteiger partial charge in [0.2, 0.25) is 5.91 Å². The molecular formula is C19H27FN2O2. The lowest BCUT2D eigenvalue weighted by Gasteiger charge is -2.34. The van der Waals surface area contributed by atoms with Gasteiger partial charge in [0.05, 0.1) is 18.6 Å². The van der Waals surface area contributed by atoms with Crippen molar-refractivity contribution in [1.82, 2.24) is 10.2 Å². The minimum absolute atomic E-state index is 0.0181. The van der Waals surface area contributed by atoms with E-state index in [0.717, 1.165) is 38.8 Å². The molecule has 2 aliphatic rings. The average molecular weight is 334 g/mol. The summed E-state index contributed by atoms with van der Waals surface area (Å²) in [4.78, 5) is 14.7. The Morgan fingerprint density at radius 2 is 1.88 bits per heavy atom. The minimum Gasteiger partial charge on any atom is -0.389 e. The van der Waals surface area contributed by atoms with Gasteiger partial charge in [-0.05, 0) is 50.4 Å². The number of hydrogen-bond acceptors (Lipinski definition) is 3. The predicted octanol–water partition coefficient (Wildman–Crippen LogP) is 2.25. The van der Waals surface area contributed by atoms with Crippen molar-refractivity contribution in [2.24, 2.45) is 0 Å². The van der Waals surface area contributed by atoms with Crippen LogP contribution in [0.4, 0.5) is 4.39 Å². The van der Waals surface area contributed by atoms with E-state index in [9.17, 15) is 14.3 Å². The molecule has 1 aliphatic heterocycles. The van der Waals surface area contributed by atoms with Gasteiger partial charge < -0.3 is 10.4 Å². The maximum atomic E-state index is 13.7. The highest BCUT2D eigenvalue weighted by Gasteiger charge is 2.35. The van der Waals surface area contributed by atoms with E-state index in [2.05, 4.69) is 10.2 Å². The smallest absolute Gasteiger partial charge is 0.224 e. The molecular weight excluding hydrogens is 307 g/mol. The van der Waals surface area contributed by atoms with Crippen LogP contribution in [0.5, 0.6) is 0 Å². The van der Waals surface area contributed by atoms with Gasteiger partial charge in [-0.3, -0.25) is 9.69 Å². The Kier molecular flexibility index (Phi) is 5.85. The third-order valence-corrected chi connectivity index (χ3v) is 5.34. The van der Waals surface area contributed by atoms with Gasteiger partial charge in [-0.25, -0.2) is 4.39 Å². The maximum Gasteiger partial charge on any atom is 0.224 e. The number of nitrogens with zero attached hydrogens (tertiary/aromatic N) is 1. The molecule has 1 aromatic carbocycles.